The Morgan fingerprint density at radius 1 is 1.54 bits per heavy atom. The Morgan fingerprint density at radius 2 is 2.38 bits per heavy atom. The number of rotatable bonds is 3. The first-order valence-electron chi connectivity index (χ1n) is 4.89. The Labute approximate surface area is 78.4 Å². The van der Waals surface area contributed by atoms with E-state index in [1.807, 2.05) is 12.1 Å². The number of aromatic nitrogens is 2. The highest BCUT2D eigenvalue weighted by molar-refractivity contribution is 5.09. The van der Waals surface area contributed by atoms with E-state index in [2.05, 4.69) is 10.2 Å². The van der Waals surface area contributed by atoms with Gasteiger partial charge in [0.25, 0.3) is 0 Å². The molecule has 0 bridgehead atoms. The average Bonchev–Trinajstić information content (AvgIpc) is 2.12. The fourth-order valence-corrected chi connectivity index (χ4v) is 1.91. The quantitative estimate of drug-likeness (QED) is 0.757. The molecule has 2 rings (SSSR count). The number of nitrogens with zero attached hydrogens (tertiary/aromatic N) is 2. The lowest BCUT2D eigenvalue weighted by molar-refractivity contribution is 0.260. The largest absolute Gasteiger partial charge is 0.330 e. The van der Waals surface area contributed by atoms with Gasteiger partial charge in [0.15, 0.2) is 0 Å². The highest BCUT2D eigenvalue weighted by Gasteiger charge is 2.28. The highest BCUT2D eigenvalue weighted by atomic mass is 15.1. The maximum absolute atomic E-state index is 5.75. The van der Waals surface area contributed by atoms with Crippen molar-refractivity contribution in [2.24, 2.45) is 11.7 Å². The summed E-state index contributed by atoms with van der Waals surface area (Å²) in [6.07, 6.45) is 5.66. The van der Waals surface area contributed by atoms with E-state index in [9.17, 15) is 0 Å². The Morgan fingerprint density at radius 3 is 2.85 bits per heavy atom. The minimum atomic E-state index is 0.433. The van der Waals surface area contributed by atoms with Crippen LogP contribution in [-0.4, -0.2) is 16.7 Å². The van der Waals surface area contributed by atoms with E-state index in [1.165, 1.54) is 19.3 Å². The summed E-state index contributed by atoms with van der Waals surface area (Å²) in [4.78, 5) is 0. The summed E-state index contributed by atoms with van der Waals surface area (Å²) >= 11 is 0. The van der Waals surface area contributed by atoms with Gasteiger partial charge in [-0.15, -0.1) is 0 Å². The van der Waals surface area contributed by atoms with Crippen LogP contribution in [0.2, 0.25) is 0 Å². The van der Waals surface area contributed by atoms with Gasteiger partial charge in [0.1, 0.15) is 0 Å². The van der Waals surface area contributed by atoms with Gasteiger partial charge in [0.2, 0.25) is 0 Å². The van der Waals surface area contributed by atoms with Crippen LogP contribution in [0.3, 0.4) is 0 Å². The molecule has 3 heteroatoms. The Bertz CT molecular complexity index is 256. The van der Waals surface area contributed by atoms with Crippen molar-refractivity contribution < 1.29 is 0 Å². The predicted molar refractivity (Wildman–Crippen MR) is 51.2 cm³/mol. The molecule has 3 nitrogen and oxygen atoms in total. The van der Waals surface area contributed by atoms with E-state index in [1.54, 1.807) is 6.20 Å². The lowest BCUT2D eigenvalue weighted by atomic mass is 9.74. The van der Waals surface area contributed by atoms with Crippen LogP contribution in [0.15, 0.2) is 18.3 Å². The van der Waals surface area contributed by atoms with Gasteiger partial charge in [-0.2, -0.15) is 10.2 Å². The molecule has 1 heterocycles. The van der Waals surface area contributed by atoms with Crippen LogP contribution in [0.4, 0.5) is 0 Å². The Kier molecular flexibility index (Phi) is 2.54. The van der Waals surface area contributed by atoms with Crippen LogP contribution >= 0.6 is 0 Å². The second-order valence-corrected chi connectivity index (χ2v) is 3.68. The van der Waals surface area contributed by atoms with Crippen LogP contribution in [0.25, 0.3) is 0 Å². The third kappa shape index (κ3) is 1.70. The van der Waals surface area contributed by atoms with E-state index in [0.29, 0.717) is 12.5 Å². The van der Waals surface area contributed by atoms with Gasteiger partial charge in [0.05, 0.1) is 5.69 Å². The summed E-state index contributed by atoms with van der Waals surface area (Å²) in [7, 11) is 0. The summed E-state index contributed by atoms with van der Waals surface area (Å²) in [5.74, 6) is 1.18. The van der Waals surface area contributed by atoms with Crippen molar-refractivity contribution in [2.75, 3.05) is 6.54 Å². The predicted octanol–water partition coefficient (Wildman–Crippen LogP) is 1.32. The standard InChI is InChI=1S/C10H15N3/c11-7-9(8-3-1-4-8)10-5-2-6-12-13-10/h2,5-6,8-9H,1,3-4,7,11H2. The number of hydrogen-bond donors (Lipinski definition) is 1. The number of nitrogens with two attached hydrogens (primary N) is 1. The first kappa shape index (κ1) is 8.63. The minimum absolute atomic E-state index is 0.433. The van der Waals surface area contributed by atoms with E-state index in [0.717, 1.165) is 11.6 Å². The summed E-state index contributed by atoms with van der Waals surface area (Å²) in [5, 5.41) is 8.01. The molecule has 0 amide bonds. The zero-order valence-corrected chi connectivity index (χ0v) is 7.69. The van der Waals surface area contributed by atoms with Gasteiger partial charge < -0.3 is 5.73 Å². The van der Waals surface area contributed by atoms with E-state index in [4.69, 9.17) is 5.73 Å². The molecule has 1 unspecified atom stereocenters. The third-order valence-corrected chi connectivity index (χ3v) is 2.95. The normalized spacial score (nSPS) is 19.5. The Hall–Kier alpha value is -0.960. The number of hydrogen-bond acceptors (Lipinski definition) is 3. The van der Waals surface area contributed by atoms with Crippen molar-refractivity contribution in [2.45, 2.75) is 25.2 Å². The molecule has 1 aromatic rings. The van der Waals surface area contributed by atoms with Gasteiger partial charge in [-0.05, 0) is 30.9 Å². The van der Waals surface area contributed by atoms with Crippen molar-refractivity contribution >= 4 is 0 Å². The molecule has 0 aromatic carbocycles. The molecule has 0 saturated heterocycles. The molecule has 1 atom stereocenters. The molecule has 13 heavy (non-hydrogen) atoms. The molecule has 0 aliphatic heterocycles. The van der Waals surface area contributed by atoms with E-state index < -0.39 is 0 Å². The zero-order chi connectivity index (χ0) is 9.10. The molecular formula is C10H15N3. The summed E-state index contributed by atoms with van der Waals surface area (Å²) in [6, 6.07) is 3.96. The Balaban J connectivity index is 2.12. The van der Waals surface area contributed by atoms with Crippen LogP contribution in [0.1, 0.15) is 30.9 Å². The molecule has 0 radical (unpaired) electrons. The molecule has 70 valence electrons. The second-order valence-electron chi connectivity index (χ2n) is 3.68. The highest BCUT2D eigenvalue weighted by Crippen LogP contribution is 2.37. The minimum Gasteiger partial charge on any atom is -0.330 e. The van der Waals surface area contributed by atoms with Crippen molar-refractivity contribution in [1.29, 1.82) is 0 Å². The third-order valence-electron chi connectivity index (χ3n) is 2.95. The maximum Gasteiger partial charge on any atom is 0.0677 e. The summed E-state index contributed by atoms with van der Waals surface area (Å²) in [6.45, 7) is 0.698. The fourth-order valence-electron chi connectivity index (χ4n) is 1.91. The molecule has 1 saturated carbocycles. The van der Waals surface area contributed by atoms with Crippen molar-refractivity contribution in [3.63, 3.8) is 0 Å². The van der Waals surface area contributed by atoms with Gasteiger partial charge in [-0.1, -0.05) is 6.42 Å². The molecule has 2 N–H and O–H groups in total. The van der Waals surface area contributed by atoms with Crippen LogP contribution in [0.5, 0.6) is 0 Å². The van der Waals surface area contributed by atoms with Crippen molar-refractivity contribution in [3.05, 3.63) is 24.0 Å². The molecule has 1 fully saturated rings. The topological polar surface area (TPSA) is 51.8 Å². The summed E-state index contributed by atoms with van der Waals surface area (Å²) < 4.78 is 0. The maximum atomic E-state index is 5.75. The first-order valence-corrected chi connectivity index (χ1v) is 4.89. The molecule has 1 aliphatic carbocycles. The molecular weight excluding hydrogens is 162 g/mol. The molecule has 1 aromatic heterocycles. The van der Waals surface area contributed by atoms with Gasteiger partial charge >= 0.3 is 0 Å². The van der Waals surface area contributed by atoms with Gasteiger partial charge in [-0.25, -0.2) is 0 Å². The van der Waals surface area contributed by atoms with Crippen molar-refractivity contribution in [1.82, 2.24) is 10.2 Å². The SMILES string of the molecule is NCC(c1cccnn1)C1CCC1. The molecule has 0 spiro atoms. The first-order chi connectivity index (χ1) is 6.42. The zero-order valence-electron chi connectivity index (χ0n) is 7.69. The van der Waals surface area contributed by atoms with E-state index >= 15 is 0 Å². The van der Waals surface area contributed by atoms with Crippen molar-refractivity contribution in [3.8, 4) is 0 Å². The van der Waals surface area contributed by atoms with Crippen LogP contribution in [-0.2, 0) is 0 Å². The average molecular weight is 177 g/mol. The smallest absolute Gasteiger partial charge is 0.0677 e. The second kappa shape index (κ2) is 3.83. The van der Waals surface area contributed by atoms with Gasteiger partial charge in [0, 0.05) is 18.7 Å². The van der Waals surface area contributed by atoms with Crippen LogP contribution < -0.4 is 5.73 Å². The monoisotopic (exact) mass is 177 g/mol. The molecule has 1 aliphatic rings. The summed E-state index contributed by atoms with van der Waals surface area (Å²) in [5.41, 5.74) is 6.81. The fraction of sp³-hybridized carbons (Fsp3) is 0.600. The van der Waals surface area contributed by atoms with Gasteiger partial charge in [-0.3, -0.25) is 0 Å². The van der Waals surface area contributed by atoms with E-state index in [-0.39, 0.29) is 0 Å². The lowest BCUT2D eigenvalue weighted by Gasteiger charge is -2.32. The lowest BCUT2D eigenvalue weighted by Crippen LogP contribution is -2.27. The van der Waals surface area contributed by atoms with Crippen LogP contribution in [0, 0.1) is 5.92 Å².